The third-order valence-corrected chi connectivity index (χ3v) is 7.80. The third kappa shape index (κ3) is 5.56. The van der Waals surface area contributed by atoms with Crippen molar-refractivity contribution in [1.29, 1.82) is 0 Å². The normalized spacial score (nSPS) is 17.9. The molecule has 2 atom stereocenters. The van der Waals surface area contributed by atoms with Crippen LogP contribution in [0.15, 0.2) is 64.5 Å². The number of hydrogen-bond acceptors (Lipinski definition) is 6. The Morgan fingerprint density at radius 3 is 2.41 bits per heavy atom. The van der Waals surface area contributed by atoms with E-state index in [9.17, 15) is 9.59 Å². The van der Waals surface area contributed by atoms with E-state index in [1.54, 1.807) is 31.7 Å². The first-order valence-corrected chi connectivity index (χ1v) is 12.7. The highest BCUT2D eigenvalue weighted by Crippen LogP contribution is 2.52. The zero-order valence-corrected chi connectivity index (χ0v) is 21.5. The molecule has 0 saturated heterocycles. The molecule has 7 heteroatoms. The summed E-state index contributed by atoms with van der Waals surface area (Å²) >= 11 is 8.65. The molecule has 0 saturated carbocycles. The molecule has 0 bridgehead atoms. The van der Waals surface area contributed by atoms with Gasteiger partial charge in [-0.2, -0.15) is 0 Å². The number of carbonyl (C=O) groups excluding carboxylic acids is 2. The second-order valence-electron chi connectivity index (χ2n) is 8.05. The molecule has 2 aromatic carbocycles. The number of esters is 2. The van der Waals surface area contributed by atoms with E-state index in [0.29, 0.717) is 13.0 Å². The van der Waals surface area contributed by atoms with Gasteiger partial charge >= 0.3 is 11.9 Å². The van der Waals surface area contributed by atoms with Crippen LogP contribution in [0.1, 0.15) is 43.4 Å². The first-order chi connectivity index (χ1) is 16.3. The number of benzene rings is 2. The van der Waals surface area contributed by atoms with E-state index in [4.69, 9.17) is 26.1 Å². The number of aliphatic imine (C=N–C) groups is 1. The summed E-state index contributed by atoms with van der Waals surface area (Å²) in [7, 11) is 0. The van der Waals surface area contributed by atoms with E-state index >= 15 is 0 Å². The van der Waals surface area contributed by atoms with E-state index in [1.807, 2.05) is 30.3 Å². The van der Waals surface area contributed by atoms with Crippen molar-refractivity contribution in [3.8, 4) is 0 Å². The molecule has 0 N–H and O–H groups in total. The van der Waals surface area contributed by atoms with Crippen LogP contribution in [0.25, 0.3) is 0 Å². The van der Waals surface area contributed by atoms with E-state index in [0.717, 1.165) is 32.3 Å². The van der Waals surface area contributed by atoms with Gasteiger partial charge in [0.25, 0.3) is 0 Å². The highest BCUT2D eigenvalue weighted by Gasteiger charge is 2.49. The van der Waals surface area contributed by atoms with Crippen LogP contribution >= 0.6 is 23.4 Å². The predicted molar refractivity (Wildman–Crippen MR) is 138 cm³/mol. The zero-order chi connectivity index (χ0) is 24.7. The molecule has 0 fully saturated rings. The van der Waals surface area contributed by atoms with Crippen molar-refractivity contribution in [2.75, 3.05) is 13.2 Å². The Labute approximate surface area is 210 Å². The fourth-order valence-electron chi connectivity index (χ4n) is 4.14. The summed E-state index contributed by atoms with van der Waals surface area (Å²) < 4.78 is 10.3. The van der Waals surface area contributed by atoms with Crippen LogP contribution in [0.5, 0.6) is 0 Å². The molecule has 0 aromatic heterocycles. The molecule has 2 aromatic rings. The second-order valence-corrected chi connectivity index (χ2v) is 9.52. The first kappa shape index (κ1) is 26.0. The smallest absolute Gasteiger partial charge is 0.330 e. The molecule has 180 valence electrons. The highest BCUT2D eigenvalue weighted by molar-refractivity contribution is 8.14. The van der Waals surface area contributed by atoms with Crippen molar-refractivity contribution < 1.29 is 19.1 Å². The zero-order valence-electron chi connectivity index (χ0n) is 20.0. The Morgan fingerprint density at radius 1 is 1.06 bits per heavy atom. The number of para-hydroxylation sites is 1. The predicted octanol–water partition coefficient (Wildman–Crippen LogP) is 6.45. The average Bonchev–Trinajstić information content (AvgIpc) is 3.13. The number of rotatable bonds is 9. The molecule has 0 unspecified atom stereocenters. The number of fused-ring (bicyclic) bond motifs is 1. The number of hydrogen-bond donors (Lipinski definition) is 0. The Hall–Kier alpha value is -2.57. The van der Waals surface area contributed by atoms with E-state index in [1.165, 1.54) is 6.08 Å². The van der Waals surface area contributed by atoms with Gasteiger partial charge in [0.05, 0.1) is 34.7 Å². The van der Waals surface area contributed by atoms with Crippen LogP contribution in [-0.2, 0) is 24.5 Å². The SMILES string of the molecule is CCOC(=O)/C=C/[C@H](Cl)[C@@]1(CCC(=O)OCC)C(Sc2c(C)cccc2C)=Nc2ccccc21. The second kappa shape index (κ2) is 11.7. The Bertz CT molecular complexity index is 1090. The van der Waals surface area contributed by atoms with E-state index in [2.05, 4.69) is 26.0 Å². The molecule has 1 heterocycles. The van der Waals surface area contributed by atoms with Gasteiger partial charge in [0.2, 0.25) is 0 Å². The number of nitrogens with zero attached hydrogens (tertiary/aromatic N) is 1. The van der Waals surface area contributed by atoms with Gasteiger partial charge < -0.3 is 9.47 Å². The topological polar surface area (TPSA) is 65.0 Å². The van der Waals surface area contributed by atoms with Crippen LogP contribution in [-0.4, -0.2) is 35.6 Å². The van der Waals surface area contributed by atoms with Crippen molar-refractivity contribution in [2.24, 2.45) is 4.99 Å². The quantitative estimate of drug-likeness (QED) is 0.225. The lowest BCUT2D eigenvalue weighted by atomic mass is 9.75. The van der Waals surface area contributed by atoms with Crippen LogP contribution in [0.2, 0.25) is 0 Å². The van der Waals surface area contributed by atoms with Gasteiger partial charge in [-0.1, -0.05) is 54.2 Å². The van der Waals surface area contributed by atoms with E-state index < -0.39 is 16.8 Å². The molecule has 1 aliphatic rings. The van der Waals surface area contributed by atoms with Gasteiger partial charge in [-0.05, 0) is 56.9 Å². The Morgan fingerprint density at radius 2 is 1.74 bits per heavy atom. The van der Waals surface area contributed by atoms with E-state index in [-0.39, 0.29) is 19.0 Å². The number of ether oxygens (including phenoxy) is 2. The molecular weight excluding hydrogens is 470 g/mol. The van der Waals surface area contributed by atoms with Gasteiger partial charge in [0.15, 0.2) is 0 Å². The van der Waals surface area contributed by atoms with Gasteiger partial charge in [0, 0.05) is 17.4 Å². The summed E-state index contributed by atoms with van der Waals surface area (Å²) in [6, 6.07) is 14.0. The maximum Gasteiger partial charge on any atom is 0.330 e. The lowest BCUT2D eigenvalue weighted by Gasteiger charge is -2.35. The molecule has 0 radical (unpaired) electrons. The number of aryl methyl sites for hydroxylation is 2. The van der Waals surface area contributed by atoms with Crippen LogP contribution in [0, 0.1) is 13.8 Å². The molecule has 5 nitrogen and oxygen atoms in total. The maximum absolute atomic E-state index is 12.4. The van der Waals surface area contributed by atoms with Crippen LogP contribution < -0.4 is 0 Å². The summed E-state index contributed by atoms with van der Waals surface area (Å²) in [6.07, 6.45) is 3.56. The molecule has 3 rings (SSSR count). The monoisotopic (exact) mass is 499 g/mol. The number of carbonyl (C=O) groups is 2. The number of allylic oxidation sites excluding steroid dienone is 1. The lowest BCUT2D eigenvalue weighted by molar-refractivity contribution is -0.143. The largest absolute Gasteiger partial charge is 0.466 e. The minimum Gasteiger partial charge on any atom is -0.466 e. The first-order valence-electron chi connectivity index (χ1n) is 11.4. The average molecular weight is 500 g/mol. The fourth-order valence-corrected chi connectivity index (χ4v) is 5.92. The minimum absolute atomic E-state index is 0.172. The number of thioether (sulfide) groups is 1. The van der Waals surface area contributed by atoms with Crippen molar-refractivity contribution in [2.45, 2.75) is 56.2 Å². The van der Waals surface area contributed by atoms with Gasteiger partial charge in [-0.15, -0.1) is 11.6 Å². The molecule has 0 amide bonds. The van der Waals surface area contributed by atoms with Crippen molar-refractivity contribution in [3.05, 3.63) is 71.3 Å². The van der Waals surface area contributed by atoms with Gasteiger partial charge in [0.1, 0.15) is 0 Å². The maximum atomic E-state index is 12.4. The lowest BCUT2D eigenvalue weighted by Crippen LogP contribution is -2.40. The van der Waals surface area contributed by atoms with Gasteiger partial charge in [-0.3, -0.25) is 4.79 Å². The summed E-state index contributed by atoms with van der Waals surface area (Å²) in [5, 5.41) is 0.148. The third-order valence-electron chi connectivity index (χ3n) is 5.78. The highest BCUT2D eigenvalue weighted by atomic mass is 35.5. The molecule has 34 heavy (non-hydrogen) atoms. The molecule has 0 aliphatic carbocycles. The van der Waals surface area contributed by atoms with Crippen molar-refractivity contribution >= 4 is 46.0 Å². The number of alkyl halides is 1. The minimum atomic E-state index is -0.812. The Kier molecular flexibility index (Phi) is 8.97. The number of halogens is 1. The standard InChI is InChI=1S/C27H30ClNO4S/c1-5-32-23(30)15-14-22(28)27(17-16-24(31)33-6-2)20-12-7-8-13-21(20)29-26(27)34-25-18(3)10-9-11-19(25)4/h7-15,22H,5-6,16-17H2,1-4H3/b15-14+/t22-,27-/m0/s1. The molecular formula is C27H30ClNO4S. The van der Waals surface area contributed by atoms with Crippen LogP contribution in [0.4, 0.5) is 5.69 Å². The summed E-state index contributed by atoms with van der Waals surface area (Å²) in [6.45, 7) is 8.27. The fraction of sp³-hybridized carbons (Fsp3) is 0.370. The molecule has 1 aliphatic heterocycles. The van der Waals surface area contributed by atoms with Crippen LogP contribution in [0.3, 0.4) is 0 Å². The molecule has 0 spiro atoms. The summed E-state index contributed by atoms with van der Waals surface area (Å²) in [5.41, 5.74) is 3.21. The van der Waals surface area contributed by atoms with Crippen molar-refractivity contribution in [3.63, 3.8) is 0 Å². The van der Waals surface area contributed by atoms with Crippen molar-refractivity contribution in [1.82, 2.24) is 0 Å². The summed E-state index contributed by atoms with van der Waals surface area (Å²) in [4.78, 5) is 30.5. The summed E-state index contributed by atoms with van der Waals surface area (Å²) in [5.74, 6) is -0.748. The van der Waals surface area contributed by atoms with Gasteiger partial charge in [-0.25, -0.2) is 9.79 Å². The Balaban J connectivity index is 2.10.